The van der Waals surface area contributed by atoms with Crippen molar-refractivity contribution in [3.8, 4) is 0 Å². The minimum atomic E-state index is -0.600. The van der Waals surface area contributed by atoms with E-state index in [0.29, 0.717) is 6.67 Å². The Labute approximate surface area is 118 Å². The standard InChI is InChI=1S/C14H18ClN3O/c1-11-6-4-7-14(3,15)13(11)18(12(2)19)10-17-9-5-8-16-17/h4-9,13H,10H2,1-3H3. The zero-order chi connectivity index (χ0) is 14.0. The second-order valence-electron chi connectivity index (χ2n) is 5.00. The molecular formula is C14H18ClN3O. The maximum absolute atomic E-state index is 12.0. The Kier molecular flexibility index (Phi) is 3.80. The van der Waals surface area contributed by atoms with Crippen molar-refractivity contribution < 1.29 is 4.79 Å². The van der Waals surface area contributed by atoms with Crippen molar-refractivity contribution in [1.82, 2.24) is 14.7 Å². The molecule has 0 N–H and O–H groups in total. The van der Waals surface area contributed by atoms with E-state index in [1.807, 2.05) is 44.3 Å². The summed E-state index contributed by atoms with van der Waals surface area (Å²) in [4.78, 5) is 13.1. The fourth-order valence-electron chi connectivity index (χ4n) is 2.47. The van der Waals surface area contributed by atoms with E-state index in [-0.39, 0.29) is 11.9 Å². The molecule has 1 heterocycles. The topological polar surface area (TPSA) is 38.1 Å². The van der Waals surface area contributed by atoms with Crippen molar-refractivity contribution in [3.63, 3.8) is 0 Å². The van der Waals surface area contributed by atoms with E-state index in [4.69, 9.17) is 11.6 Å². The number of aromatic nitrogens is 2. The van der Waals surface area contributed by atoms with Gasteiger partial charge in [-0.3, -0.25) is 9.48 Å². The quantitative estimate of drug-likeness (QED) is 0.798. The molecule has 1 aromatic rings. The Morgan fingerprint density at radius 2 is 2.37 bits per heavy atom. The summed E-state index contributed by atoms with van der Waals surface area (Å²) in [7, 11) is 0. The number of carbonyl (C=O) groups is 1. The molecule has 4 nitrogen and oxygen atoms in total. The second kappa shape index (κ2) is 5.21. The first kappa shape index (κ1) is 13.9. The number of allylic oxidation sites excluding steroid dienone is 2. The Bertz CT molecular complexity index is 517. The molecule has 1 aliphatic carbocycles. The summed E-state index contributed by atoms with van der Waals surface area (Å²) in [5.41, 5.74) is 1.07. The number of rotatable bonds is 3. The number of nitrogens with zero attached hydrogens (tertiary/aromatic N) is 3. The van der Waals surface area contributed by atoms with Gasteiger partial charge < -0.3 is 4.90 Å². The largest absolute Gasteiger partial charge is 0.314 e. The van der Waals surface area contributed by atoms with Crippen LogP contribution in [0.25, 0.3) is 0 Å². The van der Waals surface area contributed by atoms with Crippen LogP contribution in [0.15, 0.2) is 42.3 Å². The first-order valence-corrected chi connectivity index (χ1v) is 6.59. The SMILES string of the molecule is CC(=O)N(Cn1cccn1)C1C(C)=CC=CC1(C)Cl. The van der Waals surface area contributed by atoms with E-state index in [1.165, 1.54) is 0 Å². The van der Waals surface area contributed by atoms with Crippen molar-refractivity contribution in [2.45, 2.75) is 38.4 Å². The molecule has 2 rings (SSSR count). The van der Waals surface area contributed by atoms with Crippen LogP contribution < -0.4 is 0 Å². The van der Waals surface area contributed by atoms with Gasteiger partial charge in [0.1, 0.15) is 6.67 Å². The van der Waals surface area contributed by atoms with Crippen molar-refractivity contribution in [1.29, 1.82) is 0 Å². The average molecular weight is 280 g/mol. The summed E-state index contributed by atoms with van der Waals surface area (Å²) in [6, 6.07) is 1.67. The summed E-state index contributed by atoms with van der Waals surface area (Å²) in [6.07, 6.45) is 9.38. The highest BCUT2D eigenvalue weighted by molar-refractivity contribution is 6.26. The van der Waals surface area contributed by atoms with Gasteiger partial charge in [0.15, 0.2) is 0 Å². The second-order valence-corrected chi connectivity index (χ2v) is 5.81. The lowest BCUT2D eigenvalue weighted by atomic mass is 9.88. The fraction of sp³-hybridized carbons (Fsp3) is 0.429. The fourth-order valence-corrected chi connectivity index (χ4v) is 2.83. The van der Waals surface area contributed by atoms with E-state index in [2.05, 4.69) is 5.10 Å². The van der Waals surface area contributed by atoms with Gasteiger partial charge in [-0.25, -0.2) is 0 Å². The van der Waals surface area contributed by atoms with Crippen LogP contribution >= 0.6 is 11.6 Å². The van der Waals surface area contributed by atoms with Crippen molar-refractivity contribution >= 4 is 17.5 Å². The number of alkyl halides is 1. The number of hydrogen-bond acceptors (Lipinski definition) is 2. The van der Waals surface area contributed by atoms with Gasteiger partial charge in [0.25, 0.3) is 0 Å². The predicted octanol–water partition coefficient (Wildman–Crippen LogP) is 2.57. The monoisotopic (exact) mass is 279 g/mol. The maximum atomic E-state index is 12.0. The summed E-state index contributed by atoms with van der Waals surface area (Å²) < 4.78 is 1.72. The number of hydrogen-bond donors (Lipinski definition) is 0. The van der Waals surface area contributed by atoms with Gasteiger partial charge in [-0.1, -0.05) is 18.2 Å². The maximum Gasteiger partial charge on any atom is 0.221 e. The van der Waals surface area contributed by atoms with Crippen LogP contribution in [0.1, 0.15) is 20.8 Å². The number of carbonyl (C=O) groups excluding carboxylic acids is 1. The molecule has 1 amide bonds. The van der Waals surface area contributed by atoms with Crippen LogP contribution in [0.5, 0.6) is 0 Å². The molecule has 1 aliphatic rings. The molecule has 0 radical (unpaired) electrons. The van der Waals surface area contributed by atoms with Gasteiger partial charge in [0.2, 0.25) is 5.91 Å². The van der Waals surface area contributed by atoms with Gasteiger partial charge in [-0.2, -0.15) is 5.10 Å². The van der Waals surface area contributed by atoms with E-state index < -0.39 is 4.87 Å². The van der Waals surface area contributed by atoms with Gasteiger partial charge in [0.05, 0.1) is 10.9 Å². The Morgan fingerprint density at radius 1 is 1.63 bits per heavy atom. The van der Waals surface area contributed by atoms with Crippen molar-refractivity contribution in [3.05, 3.63) is 42.3 Å². The van der Waals surface area contributed by atoms with E-state index in [9.17, 15) is 4.79 Å². The molecule has 2 atom stereocenters. The van der Waals surface area contributed by atoms with Crippen LogP contribution in [0.4, 0.5) is 0 Å². The molecule has 1 aromatic heterocycles. The highest BCUT2D eigenvalue weighted by Crippen LogP contribution is 2.33. The molecule has 0 saturated heterocycles. The molecule has 102 valence electrons. The third-order valence-corrected chi connectivity index (χ3v) is 3.65. The van der Waals surface area contributed by atoms with E-state index >= 15 is 0 Å². The lowest BCUT2D eigenvalue weighted by Gasteiger charge is -2.40. The summed E-state index contributed by atoms with van der Waals surface area (Å²) in [5, 5.41) is 4.15. The van der Waals surface area contributed by atoms with Gasteiger partial charge in [-0.05, 0) is 25.5 Å². The van der Waals surface area contributed by atoms with E-state index in [0.717, 1.165) is 5.57 Å². The van der Waals surface area contributed by atoms with Crippen LogP contribution in [0, 0.1) is 0 Å². The Balaban J connectivity index is 2.31. The van der Waals surface area contributed by atoms with Gasteiger partial charge in [-0.15, -0.1) is 11.6 Å². The molecule has 19 heavy (non-hydrogen) atoms. The smallest absolute Gasteiger partial charge is 0.221 e. The van der Waals surface area contributed by atoms with Crippen molar-refractivity contribution in [2.24, 2.45) is 0 Å². The minimum absolute atomic E-state index is 0.0181. The third-order valence-electron chi connectivity index (χ3n) is 3.32. The highest BCUT2D eigenvalue weighted by Gasteiger charge is 2.38. The lowest BCUT2D eigenvalue weighted by Crippen LogP contribution is -2.51. The van der Waals surface area contributed by atoms with Crippen LogP contribution in [-0.4, -0.2) is 31.5 Å². The highest BCUT2D eigenvalue weighted by atomic mass is 35.5. The molecular weight excluding hydrogens is 262 g/mol. The molecule has 0 aromatic carbocycles. The Hall–Kier alpha value is -1.55. The normalized spacial score (nSPS) is 26.1. The average Bonchev–Trinajstić information content (AvgIpc) is 2.79. The number of amides is 1. The lowest BCUT2D eigenvalue weighted by molar-refractivity contribution is -0.133. The molecule has 2 unspecified atom stereocenters. The third kappa shape index (κ3) is 2.89. The summed E-state index contributed by atoms with van der Waals surface area (Å²) >= 11 is 6.56. The predicted molar refractivity (Wildman–Crippen MR) is 75.7 cm³/mol. The van der Waals surface area contributed by atoms with Gasteiger partial charge >= 0.3 is 0 Å². The van der Waals surface area contributed by atoms with Crippen LogP contribution in [0.3, 0.4) is 0 Å². The van der Waals surface area contributed by atoms with Crippen molar-refractivity contribution in [2.75, 3.05) is 0 Å². The molecule has 0 bridgehead atoms. The molecule has 0 saturated carbocycles. The zero-order valence-corrected chi connectivity index (χ0v) is 12.1. The molecule has 0 spiro atoms. The zero-order valence-electron chi connectivity index (χ0n) is 11.4. The molecule has 0 fully saturated rings. The van der Waals surface area contributed by atoms with Crippen LogP contribution in [0.2, 0.25) is 0 Å². The molecule has 5 heteroatoms. The first-order valence-electron chi connectivity index (χ1n) is 6.21. The van der Waals surface area contributed by atoms with E-state index in [1.54, 1.807) is 22.7 Å². The summed E-state index contributed by atoms with van der Waals surface area (Å²) in [5.74, 6) is -0.0181. The molecule has 0 aliphatic heterocycles. The first-order chi connectivity index (χ1) is 8.92. The summed E-state index contributed by atoms with van der Waals surface area (Å²) in [6.45, 7) is 5.87. The van der Waals surface area contributed by atoms with Gasteiger partial charge in [0, 0.05) is 19.3 Å². The Morgan fingerprint density at radius 3 is 2.89 bits per heavy atom. The number of halogens is 1. The van der Waals surface area contributed by atoms with Crippen LogP contribution in [-0.2, 0) is 11.5 Å². The minimum Gasteiger partial charge on any atom is -0.314 e.